The first-order chi connectivity index (χ1) is 11.4. The molecule has 0 saturated heterocycles. The van der Waals surface area contributed by atoms with E-state index in [1.807, 2.05) is 0 Å². The lowest BCUT2D eigenvalue weighted by atomic mass is 10.1. The minimum Gasteiger partial charge on any atom is -0.487 e. The Labute approximate surface area is 140 Å². The monoisotopic (exact) mass is 342 g/mol. The van der Waals surface area contributed by atoms with E-state index in [2.05, 4.69) is 5.32 Å². The van der Waals surface area contributed by atoms with Crippen LogP contribution in [0.15, 0.2) is 18.2 Å². The predicted molar refractivity (Wildman–Crippen MR) is 87.7 cm³/mol. The van der Waals surface area contributed by atoms with Gasteiger partial charge in [-0.2, -0.15) is 0 Å². The van der Waals surface area contributed by atoms with Gasteiger partial charge in [-0.15, -0.1) is 0 Å². The van der Waals surface area contributed by atoms with Crippen LogP contribution < -0.4 is 10.1 Å². The van der Waals surface area contributed by atoms with E-state index < -0.39 is 13.0 Å². The fraction of sp³-hybridized carbons (Fsp3) is 0.588. The third-order valence-corrected chi connectivity index (χ3v) is 4.28. The summed E-state index contributed by atoms with van der Waals surface area (Å²) in [5.41, 5.74) is 1.20. The number of nitrogens with zero attached hydrogens (tertiary/aromatic N) is 1. The number of aryl methyl sites for hydroxylation is 1. The number of alkyl halides is 2. The molecule has 2 atom stereocenters. The van der Waals surface area contributed by atoms with Gasteiger partial charge in [-0.25, -0.2) is 13.6 Å². The molecule has 1 aliphatic carbocycles. The molecule has 0 aromatic heterocycles. The van der Waals surface area contributed by atoms with E-state index in [9.17, 15) is 18.7 Å². The number of carbonyl (C=O) groups excluding carboxylic acids is 1. The minimum atomic E-state index is -2.55. The van der Waals surface area contributed by atoms with Gasteiger partial charge in [0.05, 0.1) is 6.10 Å². The third kappa shape index (κ3) is 5.06. The minimum absolute atomic E-state index is 0.101. The number of benzene rings is 1. The number of carbonyl (C=O) groups is 1. The lowest BCUT2D eigenvalue weighted by Crippen LogP contribution is -2.37. The Balaban J connectivity index is 1.94. The largest absolute Gasteiger partial charge is 0.487 e. The summed E-state index contributed by atoms with van der Waals surface area (Å²) in [7, 11) is 1.67. The van der Waals surface area contributed by atoms with Crippen molar-refractivity contribution in [1.82, 2.24) is 4.90 Å². The van der Waals surface area contributed by atoms with Crippen LogP contribution in [0.4, 0.5) is 19.3 Å². The summed E-state index contributed by atoms with van der Waals surface area (Å²) in [6.07, 6.45) is -0.234. The van der Waals surface area contributed by atoms with E-state index in [1.165, 1.54) is 11.0 Å². The highest BCUT2D eigenvalue weighted by Crippen LogP contribution is 2.27. The molecule has 1 aromatic rings. The van der Waals surface area contributed by atoms with Gasteiger partial charge in [0.2, 0.25) is 0 Å². The molecule has 1 aliphatic rings. The summed E-state index contributed by atoms with van der Waals surface area (Å²) in [5, 5.41) is 12.6. The number of halogens is 2. The van der Waals surface area contributed by atoms with Crippen LogP contribution in [0, 0.1) is 12.8 Å². The molecule has 1 saturated carbocycles. The molecule has 0 radical (unpaired) electrons. The number of nitrogens with one attached hydrogen (secondary N) is 1. The zero-order valence-electron chi connectivity index (χ0n) is 14.0. The molecule has 134 valence electrons. The molecular formula is C17H24F2N2O3. The van der Waals surface area contributed by atoms with Crippen molar-refractivity contribution < 1.29 is 23.4 Å². The van der Waals surface area contributed by atoms with Gasteiger partial charge < -0.3 is 20.1 Å². The van der Waals surface area contributed by atoms with Crippen molar-refractivity contribution in [2.24, 2.45) is 5.92 Å². The summed E-state index contributed by atoms with van der Waals surface area (Å²) < 4.78 is 29.6. The molecule has 1 aromatic carbocycles. The molecule has 2 N–H and O–H groups in total. The maximum absolute atomic E-state index is 12.3. The average Bonchev–Trinajstić information content (AvgIpc) is 2.92. The zero-order chi connectivity index (χ0) is 17.7. The number of hydrogen-bond acceptors (Lipinski definition) is 3. The molecular weight excluding hydrogens is 318 g/mol. The number of urea groups is 1. The average molecular weight is 342 g/mol. The second-order valence-electron chi connectivity index (χ2n) is 6.25. The van der Waals surface area contributed by atoms with Crippen molar-refractivity contribution >= 4 is 11.7 Å². The van der Waals surface area contributed by atoms with Crippen LogP contribution in [0.3, 0.4) is 0 Å². The first kappa shape index (κ1) is 18.4. The summed E-state index contributed by atoms with van der Waals surface area (Å²) in [4.78, 5) is 13.8. The van der Waals surface area contributed by atoms with Crippen molar-refractivity contribution in [2.75, 3.05) is 25.5 Å². The van der Waals surface area contributed by atoms with Crippen LogP contribution in [0.25, 0.3) is 0 Å². The SMILES string of the molecule is Cc1ccc(NC(=O)N(C)CC2CCCC2O)cc1OCC(F)F. The zero-order valence-corrected chi connectivity index (χ0v) is 14.0. The molecule has 1 fully saturated rings. The van der Waals surface area contributed by atoms with Crippen LogP contribution in [-0.4, -0.2) is 48.8 Å². The highest BCUT2D eigenvalue weighted by atomic mass is 19.3. The number of rotatable bonds is 6. The van der Waals surface area contributed by atoms with Gasteiger partial charge in [0.1, 0.15) is 12.4 Å². The Morgan fingerprint density at radius 3 is 2.83 bits per heavy atom. The lowest BCUT2D eigenvalue weighted by molar-refractivity contribution is 0.0816. The Kier molecular flexibility index (Phi) is 6.36. The highest BCUT2D eigenvalue weighted by Gasteiger charge is 2.27. The first-order valence-electron chi connectivity index (χ1n) is 8.08. The fourth-order valence-corrected chi connectivity index (χ4v) is 2.87. The van der Waals surface area contributed by atoms with E-state index in [0.29, 0.717) is 18.0 Å². The molecule has 24 heavy (non-hydrogen) atoms. The van der Waals surface area contributed by atoms with Gasteiger partial charge in [0.15, 0.2) is 0 Å². The summed E-state index contributed by atoms with van der Waals surface area (Å²) >= 11 is 0. The van der Waals surface area contributed by atoms with E-state index in [4.69, 9.17) is 4.74 Å². The topological polar surface area (TPSA) is 61.8 Å². The van der Waals surface area contributed by atoms with Crippen LogP contribution >= 0.6 is 0 Å². The Morgan fingerprint density at radius 1 is 1.46 bits per heavy atom. The molecule has 2 unspecified atom stereocenters. The molecule has 2 rings (SSSR count). The molecule has 0 heterocycles. The van der Waals surface area contributed by atoms with E-state index >= 15 is 0 Å². The number of ether oxygens (including phenoxy) is 1. The van der Waals surface area contributed by atoms with E-state index in [0.717, 1.165) is 24.8 Å². The maximum atomic E-state index is 12.3. The summed E-state index contributed by atoms with van der Waals surface area (Å²) in [6, 6.07) is 4.63. The number of hydrogen-bond donors (Lipinski definition) is 2. The summed E-state index contributed by atoms with van der Waals surface area (Å²) in [5.74, 6) is 0.422. The number of amides is 2. The van der Waals surface area contributed by atoms with Crippen molar-refractivity contribution in [3.8, 4) is 5.75 Å². The Morgan fingerprint density at radius 2 is 2.21 bits per heavy atom. The normalized spacial score (nSPS) is 20.2. The van der Waals surface area contributed by atoms with Gasteiger partial charge in [0, 0.05) is 31.3 Å². The van der Waals surface area contributed by atoms with Gasteiger partial charge in [-0.1, -0.05) is 12.5 Å². The van der Waals surface area contributed by atoms with Gasteiger partial charge in [-0.3, -0.25) is 0 Å². The second-order valence-corrected chi connectivity index (χ2v) is 6.25. The summed E-state index contributed by atoms with van der Waals surface area (Å²) in [6.45, 7) is 1.55. The van der Waals surface area contributed by atoms with Crippen molar-refractivity contribution in [2.45, 2.75) is 38.7 Å². The molecule has 0 bridgehead atoms. The molecule has 0 spiro atoms. The van der Waals surface area contributed by atoms with Crippen molar-refractivity contribution in [1.29, 1.82) is 0 Å². The van der Waals surface area contributed by atoms with E-state index in [-0.39, 0.29) is 18.1 Å². The van der Waals surface area contributed by atoms with Crippen LogP contribution in [-0.2, 0) is 0 Å². The van der Waals surface area contributed by atoms with Gasteiger partial charge in [0.25, 0.3) is 6.43 Å². The number of aliphatic hydroxyl groups excluding tert-OH is 1. The molecule has 2 amide bonds. The van der Waals surface area contributed by atoms with Crippen molar-refractivity contribution in [3.05, 3.63) is 23.8 Å². The number of anilines is 1. The van der Waals surface area contributed by atoms with Crippen LogP contribution in [0.5, 0.6) is 5.75 Å². The number of aliphatic hydroxyl groups is 1. The van der Waals surface area contributed by atoms with Gasteiger partial charge in [-0.05, 0) is 31.4 Å². The van der Waals surface area contributed by atoms with Crippen molar-refractivity contribution in [3.63, 3.8) is 0 Å². The van der Waals surface area contributed by atoms with Gasteiger partial charge >= 0.3 is 6.03 Å². The smallest absolute Gasteiger partial charge is 0.321 e. The molecule has 0 aliphatic heterocycles. The predicted octanol–water partition coefficient (Wildman–Crippen LogP) is 3.26. The highest BCUT2D eigenvalue weighted by molar-refractivity contribution is 5.89. The first-order valence-corrected chi connectivity index (χ1v) is 8.08. The molecule has 7 heteroatoms. The van der Waals surface area contributed by atoms with E-state index in [1.54, 1.807) is 26.1 Å². The van der Waals surface area contributed by atoms with Crippen LogP contribution in [0.2, 0.25) is 0 Å². The lowest BCUT2D eigenvalue weighted by Gasteiger charge is -2.23. The quantitative estimate of drug-likeness (QED) is 0.834. The second kappa shape index (κ2) is 8.28. The third-order valence-electron chi connectivity index (χ3n) is 4.28. The van der Waals surface area contributed by atoms with Crippen LogP contribution in [0.1, 0.15) is 24.8 Å². The molecule has 5 nitrogen and oxygen atoms in total. The maximum Gasteiger partial charge on any atom is 0.321 e. The Bertz CT molecular complexity index is 569. The fourth-order valence-electron chi connectivity index (χ4n) is 2.87. The standard InChI is InChI=1S/C17H24F2N2O3/c1-11-6-7-13(8-15(11)24-10-16(18)19)20-17(23)21(2)9-12-4-3-5-14(12)22/h6-8,12,14,16,22H,3-5,9-10H2,1-2H3,(H,20,23). The Hall–Kier alpha value is -1.89.